The summed E-state index contributed by atoms with van der Waals surface area (Å²) in [6, 6.07) is 19.0. The Labute approximate surface area is 265 Å². The molecule has 0 amide bonds. The molecule has 0 saturated heterocycles. The molecule has 0 saturated carbocycles. The number of halogens is 6. The van der Waals surface area contributed by atoms with Gasteiger partial charge in [0.2, 0.25) is 0 Å². The molecule has 2 atom stereocenters. The molecule has 6 rings (SSSR count). The molecule has 4 aromatic carbocycles. The summed E-state index contributed by atoms with van der Waals surface area (Å²) in [5, 5.41) is 0. The zero-order chi connectivity index (χ0) is 31.6. The van der Waals surface area contributed by atoms with Crippen molar-refractivity contribution in [2.45, 2.75) is 47.0 Å². The normalized spacial score (nSPS) is 18.5. The Hall–Kier alpha value is -2.24. The zero-order valence-electron chi connectivity index (χ0n) is 25.0. The van der Waals surface area contributed by atoms with Crippen LogP contribution in [-0.2, 0) is 15.6 Å². The van der Waals surface area contributed by atoms with Crippen LogP contribution in [0.5, 0.6) is 0 Å². The van der Waals surface area contributed by atoms with Crippen LogP contribution in [0.1, 0.15) is 56.2 Å². The van der Waals surface area contributed by atoms with E-state index in [1.54, 1.807) is 0 Å². The van der Waals surface area contributed by atoms with E-state index in [0.29, 0.717) is 22.3 Å². The second kappa shape index (κ2) is 11.5. The molecule has 0 heterocycles. The molecule has 0 aliphatic heterocycles. The van der Waals surface area contributed by atoms with Crippen LogP contribution in [0.2, 0.25) is 13.1 Å². The number of benzene rings is 4. The predicted molar refractivity (Wildman–Crippen MR) is 176 cm³/mol. The van der Waals surface area contributed by atoms with E-state index < -0.39 is 44.7 Å². The second-order valence-electron chi connectivity index (χ2n) is 12.3. The van der Waals surface area contributed by atoms with Gasteiger partial charge in [-0.2, -0.15) is 0 Å². The molecule has 0 aromatic heterocycles. The summed E-state index contributed by atoms with van der Waals surface area (Å²) in [7, 11) is 16.7. The zero-order valence-corrected chi connectivity index (χ0v) is 30.1. The fraction of sp³-hybridized carbons (Fsp3) is 0.222. The van der Waals surface area contributed by atoms with Crippen molar-refractivity contribution in [3.05, 3.63) is 129 Å². The summed E-state index contributed by atoms with van der Waals surface area (Å²) in [6.45, 7) is 8.69. The van der Waals surface area contributed by atoms with E-state index in [2.05, 4.69) is 51.2 Å². The van der Waals surface area contributed by atoms with Crippen LogP contribution < -0.4 is 0 Å². The molecule has 4 aromatic rings. The molecule has 0 spiro atoms. The summed E-state index contributed by atoms with van der Waals surface area (Å²) >= 11 is -5.07. The topological polar surface area (TPSA) is 0 Å². The Balaban J connectivity index is 1.59. The number of rotatable bonds is 7. The molecule has 2 unspecified atom stereocenters. The first-order valence-electron chi connectivity index (χ1n) is 15.0. The first kappa shape index (κ1) is 31.7. The van der Waals surface area contributed by atoms with Gasteiger partial charge < -0.3 is 0 Å². The van der Waals surface area contributed by atoms with E-state index in [-0.39, 0.29) is 7.25 Å². The number of fused-ring (bicyclic) bond motifs is 2. The van der Waals surface area contributed by atoms with Gasteiger partial charge >= 0.3 is 267 Å². The maximum absolute atomic E-state index is 15.1. The van der Waals surface area contributed by atoms with Crippen molar-refractivity contribution in [3.63, 3.8) is 0 Å². The minimum absolute atomic E-state index is 0.202. The summed E-state index contributed by atoms with van der Waals surface area (Å²) in [6.07, 6.45) is 5.70. The number of hydrogen-bond donors (Lipinski definition) is 0. The summed E-state index contributed by atoms with van der Waals surface area (Å²) in [5.41, 5.74) is 8.11. The van der Waals surface area contributed by atoms with Crippen LogP contribution in [0.4, 0.5) is 17.6 Å². The third-order valence-corrected chi connectivity index (χ3v) is 61.6. The van der Waals surface area contributed by atoms with Crippen molar-refractivity contribution >= 4 is 35.1 Å². The Morgan fingerprint density at radius 3 is 1.36 bits per heavy atom. The van der Waals surface area contributed by atoms with E-state index in [4.69, 9.17) is 17.0 Å². The van der Waals surface area contributed by atoms with Crippen LogP contribution in [0.3, 0.4) is 0 Å². The summed E-state index contributed by atoms with van der Waals surface area (Å²) < 4.78 is 57.5. The van der Waals surface area contributed by atoms with Crippen molar-refractivity contribution in [1.82, 2.24) is 0 Å². The predicted octanol–water partition coefficient (Wildman–Crippen LogP) is 12.0. The van der Waals surface area contributed by atoms with Gasteiger partial charge in [0.1, 0.15) is 0 Å². The SMILES string of the molecule is CCC1=Cc2c(-c3ccc(F)cc3F)cccc2[CH]1[Zr]([Cl])([Cl])([CH]1C(CC)=Cc2c(-c3ccc(F)cc3F)cccc21)[SiH](C)C. The molecular formula is C36H33Cl2F4SiZr. The summed E-state index contributed by atoms with van der Waals surface area (Å²) in [5.74, 6) is -4.32. The molecule has 2 aliphatic rings. The molecule has 2 aliphatic carbocycles. The van der Waals surface area contributed by atoms with E-state index in [9.17, 15) is 8.78 Å². The van der Waals surface area contributed by atoms with E-state index in [1.807, 2.05) is 24.3 Å². The fourth-order valence-electron chi connectivity index (χ4n) is 7.56. The summed E-state index contributed by atoms with van der Waals surface area (Å²) in [4.78, 5) is 0. The molecule has 0 radical (unpaired) electrons. The molecule has 227 valence electrons. The fourth-order valence-corrected chi connectivity index (χ4v) is 39.4. The van der Waals surface area contributed by atoms with Crippen molar-refractivity contribution < 1.29 is 33.1 Å². The minimum atomic E-state index is -5.07. The van der Waals surface area contributed by atoms with Crippen LogP contribution >= 0.6 is 17.0 Å². The third kappa shape index (κ3) is 4.78. The molecule has 0 fully saturated rings. The Kier molecular flexibility index (Phi) is 8.31. The molecule has 0 nitrogen and oxygen atoms in total. The van der Waals surface area contributed by atoms with E-state index in [1.165, 1.54) is 24.3 Å². The van der Waals surface area contributed by atoms with Gasteiger partial charge in [-0.1, -0.05) is 0 Å². The average Bonchev–Trinajstić information content (AvgIpc) is 3.57. The standard InChI is InChI=1S/2C17H13F2.C2H7Si.2ClH.Zr/c2*1-2-11-8-12-4-3-5-14(16(12)9-11)15-7-6-13(18)10-17(15)19;1-3-2;;;/h2*3-10H,2H2,1H3;3H,1-2H3;2*1H;/q;;;;;+2/p-2. The van der Waals surface area contributed by atoms with Gasteiger partial charge in [-0.05, 0) is 0 Å². The van der Waals surface area contributed by atoms with Gasteiger partial charge in [0.05, 0.1) is 0 Å². The van der Waals surface area contributed by atoms with Crippen LogP contribution in [0.25, 0.3) is 34.4 Å². The van der Waals surface area contributed by atoms with E-state index >= 15 is 8.78 Å². The maximum atomic E-state index is 15.1. The Morgan fingerprint density at radius 1 is 0.614 bits per heavy atom. The average molecular weight is 732 g/mol. The first-order valence-corrected chi connectivity index (χ1v) is 31.4. The number of hydrogen-bond acceptors (Lipinski definition) is 0. The first-order chi connectivity index (χ1) is 20.9. The van der Waals surface area contributed by atoms with Gasteiger partial charge in [0.25, 0.3) is 0 Å². The molecule has 8 heteroatoms. The number of allylic oxidation sites excluding steroid dienone is 2. The monoisotopic (exact) mass is 729 g/mol. The molecule has 44 heavy (non-hydrogen) atoms. The molecule has 0 N–H and O–H groups in total. The van der Waals surface area contributed by atoms with Gasteiger partial charge in [0, 0.05) is 0 Å². The van der Waals surface area contributed by atoms with Crippen LogP contribution in [0.15, 0.2) is 83.9 Å². The Bertz CT molecular complexity index is 1750. The third-order valence-electron chi connectivity index (χ3n) is 9.77. The van der Waals surface area contributed by atoms with Crippen molar-refractivity contribution in [3.8, 4) is 22.3 Å². The molecular weight excluding hydrogens is 699 g/mol. The van der Waals surface area contributed by atoms with Gasteiger partial charge in [0.15, 0.2) is 0 Å². The van der Waals surface area contributed by atoms with Gasteiger partial charge in [-0.3, -0.25) is 0 Å². The van der Waals surface area contributed by atoms with Crippen molar-refractivity contribution in [2.75, 3.05) is 0 Å². The van der Waals surface area contributed by atoms with Gasteiger partial charge in [-0.15, -0.1) is 0 Å². The van der Waals surface area contributed by atoms with Crippen molar-refractivity contribution in [2.24, 2.45) is 0 Å². The Morgan fingerprint density at radius 2 is 1.02 bits per heavy atom. The second-order valence-corrected chi connectivity index (χ2v) is 54.8. The quantitative estimate of drug-likeness (QED) is 0.131. The molecule has 0 bridgehead atoms. The van der Waals surface area contributed by atoms with Crippen molar-refractivity contribution in [1.29, 1.82) is 0 Å². The van der Waals surface area contributed by atoms with Gasteiger partial charge in [-0.25, -0.2) is 0 Å². The van der Waals surface area contributed by atoms with E-state index in [0.717, 1.165) is 58.4 Å². The van der Waals surface area contributed by atoms with Crippen LogP contribution in [-0.4, -0.2) is 5.92 Å². The van der Waals surface area contributed by atoms with Crippen LogP contribution in [0, 0.1) is 23.3 Å².